The van der Waals surface area contributed by atoms with Gasteiger partial charge in [-0.25, -0.2) is 4.98 Å². The van der Waals surface area contributed by atoms with Crippen LogP contribution >= 0.6 is 11.3 Å². The van der Waals surface area contributed by atoms with E-state index in [0.717, 1.165) is 11.3 Å². The van der Waals surface area contributed by atoms with Crippen LogP contribution in [0.25, 0.3) is 17.3 Å². The van der Waals surface area contributed by atoms with Gasteiger partial charge in [-0.05, 0) is 26.0 Å². The highest BCUT2D eigenvalue weighted by molar-refractivity contribution is 7.14. The molecule has 0 fully saturated rings. The maximum absolute atomic E-state index is 12.6. The molecule has 1 amide bonds. The van der Waals surface area contributed by atoms with E-state index in [1.54, 1.807) is 6.07 Å². The van der Waals surface area contributed by atoms with Gasteiger partial charge in [0.15, 0.2) is 5.13 Å². The molecule has 0 aliphatic heterocycles. The van der Waals surface area contributed by atoms with E-state index < -0.39 is 5.91 Å². The molecule has 1 heterocycles. The number of rotatable bonds is 6. The fourth-order valence-corrected chi connectivity index (χ4v) is 3.22. The highest BCUT2D eigenvalue weighted by Gasteiger charge is 2.14. The second-order valence-corrected chi connectivity index (χ2v) is 7.09. The highest BCUT2D eigenvalue weighted by Crippen LogP contribution is 2.26. The van der Waals surface area contributed by atoms with Crippen molar-refractivity contribution >= 4 is 28.5 Å². The van der Waals surface area contributed by atoms with Gasteiger partial charge in [-0.1, -0.05) is 48.5 Å². The number of hydrogen-bond donors (Lipinski definition) is 1. The minimum absolute atomic E-state index is 0.0133. The number of nitriles is 1. The molecule has 5 nitrogen and oxygen atoms in total. The van der Waals surface area contributed by atoms with E-state index in [9.17, 15) is 10.1 Å². The molecule has 0 saturated carbocycles. The van der Waals surface area contributed by atoms with E-state index in [1.165, 1.54) is 17.4 Å². The molecule has 2 aromatic carbocycles. The fraction of sp³-hybridized carbons (Fsp3) is 0.136. The van der Waals surface area contributed by atoms with Crippen LogP contribution in [0.15, 0.2) is 65.6 Å². The first-order valence-electron chi connectivity index (χ1n) is 8.76. The second-order valence-electron chi connectivity index (χ2n) is 6.23. The van der Waals surface area contributed by atoms with Gasteiger partial charge in [-0.3, -0.25) is 10.1 Å². The average molecular weight is 389 g/mol. The molecule has 0 aliphatic carbocycles. The van der Waals surface area contributed by atoms with Gasteiger partial charge < -0.3 is 4.74 Å². The lowest BCUT2D eigenvalue weighted by molar-refractivity contribution is -0.112. The van der Waals surface area contributed by atoms with Crippen LogP contribution in [0.1, 0.15) is 19.4 Å². The fourth-order valence-electron chi connectivity index (χ4n) is 2.50. The zero-order valence-electron chi connectivity index (χ0n) is 15.5. The Kier molecular flexibility index (Phi) is 6.20. The summed E-state index contributed by atoms with van der Waals surface area (Å²) in [7, 11) is 0. The highest BCUT2D eigenvalue weighted by atomic mass is 32.1. The SMILES string of the molecule is CC(C)Oc1ccccc1C=C(C#N)C(=O)Nc1nc(-c2ccccc2)cs1. The minimum Gasteiger partial charge on any atom is -0.490 e. The molecule has 1 N–H and O–H groups in total. The molecule has 1 aromatic heterocycles. The molecule has 3 rings (SSSR count). The quantitative estimate of drug-likeness (QED) is 0.468. The van der Waals surface area contributed by atoms with Gasteiger partial charge in [0.1, 0.15) is 17.4 Å². The first-order valence-corrected chi connectivity index (χ1v) is 9.64. The normalized spacial score (nSPS) is 11.1. The van der Waals surface area contributed by atoms with Crippen molar-refractivity contribution in [2.24, 2.45) is 0 Å². The summed E-state index contributed by atoms with van der Waals surface area (Å²) in [5.41, 5.74) is 2.40. The largest absolute Gasteiger partial charge is 0.490 e. The Morgan fingerprint density at radius 2 is 1.89 bits per heavy atom. The monoisotopic (exact) mass is 389 g/mol. The maximum Gasteiger partial charge on any atom is 0.268 e. The van der Waals surface area contributed by atoms with Crippen molar-refractivity contribution in [3.8, 4) is 23.1 Å². The molecule has 0 bridgehead atoms. The Morgan fingerprint density at radius 3 is 2.61 bits per heavy atom. The molecule has 0 spiro atoms. The Morgan fingerprint density at radius 1 is 1.18 bits per heavy atom. The number of aromatic nitrogens is 1. The molecular formula is C22H19N3O2S. The Labute approximate surface area is 167 Å². The molecule has 140 valence electrons. The molecule has 6 heteroatoms. The molecule has 0 atom stereocenters. The van der Waals surface area contributed by atoms with Crippen molar-refractivity contribution in [3.05, 3.63) is 71.1 Å². The number of anilines is 1. The molecule has 0 unspecified atom stereocenters. The van der Waals surface area contributed by atoms with Crippen LogP contribution < -0.4 is 10.1 Å². The second kappa shape index (κ2) is 8.98. The van der Waals surface area contributed by atoms with E-state index in [0.29, 0.717) is 16.4 Å². The Balaban J connectivity index is 1.79. The van der Waals surface area contributed by atoms with E-state index >= 15 is 0 Å². The van der Waals surface area contributed by atoms with Gasteiger partial charge in [0.25, 0.3) is 5.91 Å². The lowest BCUT2D eigenvalue weighted by Gasteiger charge is -2.12. The van der Waals surface area contributed by atoms with E-state index in [2.05, 4.69) is 10.3 Å². The predicted molar refractivity (Wildman–Crippen MR) is 112 cm³/mol. The van der Waals surface area contributed by atoms with Gasteiger partial charge in [0.05, 0.1) is 11.8 Å². The molecule has 28 heavy (non-hydrogen) atoms. The zero-order valence-corrected chi connectivity index (χ0v) is 16.4. The van der Waals surface area contributed by atoms with Crippen LogP contribution in [0.3, 0.4) is 0 Å². The van der Waals surface area contributed by atoms with Crippen molar-refractivity contribution in [2.75, 3.05) is 5.32 Å². The zero-order chi connectivity index (χ0) is 19.9. The molecule has 0 radical (unpaired) electrons. The van der Waals surface area contributed by atoms with Crippen LogP contribution in [0.5, 0.6) is 5.75 Å². The van der Waals surface area contributed by atoms with Crippen LogP contribution in [-0.2, 0) is 4.79 Å². The number of hydrogen-bond acceptors (Lipinski definition) is 5. The number of para-hydroxylation sites is 1. The van der Waals surface area contributed by atoms with Gasteiger partial charge in [-0.2, -0.15) is 5.26 Å². The smallest absolute Gasteiger partial charge is 0.268 e. The number of nitrogens with zero attached hydrogens (tertiary/aromatic N) is 2. The summed E-state index contributed by atoms with van der Waals surface area (Å²) in [5.74, 6) is 0.120. The predicted octanol–water partition coefficient (Wildman–Crippen LogP) is 5.14. The summed E-state index contributed by atoms with van der Waals surface area (Å²) in [6, 6.07) is 19.0. The number of carbonyl (C=O) groups is 1. The molecule has 0 aliphatic rings. The first-order chi connectivity index (χ1) is 13.6. The van der Waals surface area contributed by atoms with Crippen molar-refractivity contribution in [2.45, 2.75) is 20.0 Å². The maximum atomic E-state index is 12.6. The number of nitrogens with one attached hydrogen (secondary N) is 1. The van der Waals surface area contributed by atoms with Gasteiger partial charge >= 0.3 is 0 Å². The third-order valence-corrected chi connectivity index (χ3v) is 4.50. The summed E-state index contributed by atoms with van der Waals surface area (Å²) in [6.45, 7) is 3.84. The third kappa shape index (κ3) is 4.84. The van der Waals surface area contributed by atoms with Gasteiger partial charge in [0, 0.05) is 16.5 Å². The van der Waals surface area contributed by atoms with Crippen LogP contribution in [0.2, 0.25) is 0 Å². The standard InChI is InChI=1S/C22H19N3O2S/c1-15(2)27-20-11-7-6-10-17(20)12-18(13-23)21(26)25-22-24-19(14-28-22)16-8-4-3-5-9-16/h3-12,14-15H,1-2H3,(H,24,25,26). The Hall–Kier alpha value is -3.43. The number of thiazole rings is 1. The third-order valence-electron chi connectivity index (χ3n) is 3.74. The van der Waals surface area contributed by atoms with E-state index in [4.69, 9.17) is 4.74 Å². The van der Waals surface area contributed by atoms with Crippen molar-refractivity contribution in [3.63, 3.8) is 0 Å². The summed E-state index contributed by atoms with van der Waals surface area (Å²) >= 11 is 1.31. The number of benzene rings is 2. The lowest BCUT2D eigenvalue weighted by atomic mass is 10.1. The topological polar surface area (TPSA) is 75.0 Å². The van der Waals surface area contributed by atoms with Crippen LogP contribution in [0.4, 0.5) is 5.13 Å². The molecule has 3 aromatic rings. The summed E-state index contributed by atoms with van der Waals surface area (Å²) in [6.07, 6.45) is 1.51. The minimum atomic E-state index is -0.504. The summed E-state index contributed by atoms with van der Waals surface area (Å²) < 4.78 is 5.75. The van der Waals surface area contributed by atoms with Gasteiger partial charge in [0.2, 0.25) is 0 Å². The van der Waals surface area contributed by atoms with Gasteiger partial charge in [-0.15, -0.1) is 11.3 Å². The number of ether oxygens (including phenoxy) is 1. The molecule has 0 saturated heterocycles. The van der Waals surface area contributed by atoms with Crippen LogP contribution in [0, 0.1) is 11.3 Å². The molecular weight excluding hydrogens is 370 g/mol. The van der Waals surface area contributed by atoms with Crippen molar-refractivity contribution in [1.82, 2.24) is 4.98 Å². The van der Waals surface area contributed by atoms with Crippen molar-refractivity contribution < 1.29 is 9.53 Å². The van der Waals surface area contributed by atoms with Crippen LogP contribution in [-0.4, -0.2) is 17.0 Å². The Bertz CT molecular complexity index is 1030. The number of amides is 1. The number of carbonyl (C=O) groups excluding carboxylic acids is 1. The van der Waals surface area contributed by atoms with E-state index in [-0.39, 0.29) is 11.7 Å². The summed E-state index contributed by atoms with van der Waals surface area (Å²) in [4.78, 5) is 17.0. The summed E-state index contributed by atoms with van der Waals surface area (Å²) in [5, 5.41) is 14.5. The first kappa shape index (κ1) is 19.3. The van der Waals surface area contributed by atoms with E-state index in [1.807, 2.05) is 73.8 Å². The lowest BCUT2D eigenvalue weighted by Crippen LogP contribution is -2.13. The van der Waals surface area contributed by atoms with Crippen molar-refractivity contribution in [1.29, 1.82) is 5.26 Å². The average Bonchev–Trinajstić information content (AvgIpc) is 3.16.